The van der Waals surface area contributed by atoms with Crippen LogP contribution in [0.2, 0.25) is 0 Å². The maximum absolute atomic E-state index is 4.76. The van der Waals surface area contributed by atoms with E-state index in [1.54, 1.807) is 0 Å². The molecule has 3 heteroatoms. The summed E-state index contributed by atoms with van der Waals surface area (Å²) in [5, 5.41) is 3.67. The van der Waals surface area contributed by atoms with Gasteiger partial charge in [0, 0.05) is 35.0 Å². The van der Waals surface area contributed by atoms with Crippen molar-refractivity contribution < 1.29 is 0 Å². The Labute approximate surface area is 171 Å². The number of anilines is 1. The predicted molar refractivity (Wildman–Crippen MR) is 124 cm³/mol. The number of aliphatic imine (C=N–C) groups is 1. The van der Waals surface area contributed by atoms with Crippen LogP contribution in [0.25, 0.3) is 0 Å². The topological polar surface area (TPSA) is 29.3 Å². The van der Waals surface area contributed by atoms with Crippen LogP contribution in [0.15, 0.2) is 47.1 Å². The van der Waals surface area contributed by atoms with Crippen LogP contribution in [0.4, 0.5) is 5.69 Å². The summed E-state index contributed by atoms with van der Waals surface area (Å²) in [5.74, 6) is 0.966. The SMILES string of the molecule is CC(/C=C(/C)Nc1c(C(C)C)cccc1C(C)C)=NCCn1c(C)ccc1C. The number of hydrogen-bond acceptors (Lipinski definition) is 2. The summed E-state index contributed by atoms with van der Waals surface area (Å²) in [5.41, 5.74) is 8.77. The molecule has 1 aromatic carbocycles. The summed E-state index contributed by atoms with van der Waals surface area (Å²) < 4.78 is 2.32. The van der Waals surface area contributed by atoms with Crippen molar-refractivity contribution in [3.8, 4) is 0 Å². The molecule has 28 heavy (non-hydrogen) atoms. The zero-order valence-electron chi connectivity index (χ0n) is 18.9. The predicted octanol–water partition coefficient (Wildman–Crippen LogP) is 6.83. The largest absolute Gasteiger partial charge is 0.359 e. The van der Waals surface area contributed by atoms with Gasteiger partial charge in [-0.1, -0.05) is 45.9 Å². The highest BCUT2D eigenvalue weighted by molar-refractivity contribution is 5.93. The van der Waals surface area contributed by atoms with Crippen LogP contribution in [-0.4, -0.2) is 16.8 Å². The van der Waals surface area contributed by atoms with Gasteiger partial charge in [-0.2, -0.15) is 0 Å². The second-order valence-corrected chi connectivity index (χ2v) is 8.36. The van der Waals surface area contributed by atoms with E-state index >= 15 is 0 Å². The van der Waals surface area contributed by atoms with Crippen LogP contribution < -0.4 is 5.32 Å². The maximum atomic E-state index is 4.76. The van der Waals surface area contributed by atoms with Crippen LogP contribution in [0, 0.1) is 13.8 Å². The van der Waals surface area contributed by atoms with Gasteiger partial charge in [0.15, 0.2) is 0 Å². The minimum Gasteiger partial charge on any atom is -0.359 e. The van der Waals surface area contributed by atoms with Crippen molar-refractivity contribution in [3.63, 3.8) is 0 Å². The number of hydrogen-bond donors (Lipinski definition) is 1. The third kappa shape index (κ3) is 5.60. The summed E-state index contributed by atoms with van der Waals surface area (Å²) in [7, 11) is 0. The van der Waals surface area contributed by atoms with Crippen LogP contribution >= 0.6 is 0 Å². The fourth-order valence-electron chi connectivity index (χ4n) is 3.67. The molecule has 1 aromatic heterocycles. The molecule has 2 aromatic rings. The van der Waals surface area contributed by atoms with E-state index in [4.69, 9.17) is 4.99 Å². The van der Waals surface area contributed by atoms with Crippen LogP contribution in [0.5, 0.6) is 0 Å². The van der Waals surface area contributed by atoms with Crippen molar-refractivity contribution in [2.45, 2.75) is 73.8 Å². The zero-order chi connectivity index (χ0) is 20.8. The summed E-state index contributed by atoms with van der Waals surface area (Å²) in [6.45, 7) is 19.2. The normalized spacial score (nSPS) is 12.9. The Kier molecular flexibility index (Phi) is 7.68. The standard InChI is InChI=1S/C25H37N3/c1-17(2)23-10-9-11-24(18(3)4)25(23)27-20(6)16-19(5)26-14-15-28-21(7)12-13-22(28)8/h9-13,16-18,27H,14-15H2,1-8H3/b20-16-,26-19?. The molecule has 0 atom stereocenters. The Hall–Kier alpha value is -2.29. The van der Waals surface area contributed by atoms with Crippen molar-refractivity contribution in [1.82, 2.24) is 4.57 Å². The molecule has 0 fully saturated rings. The van der Waals surface area contributed by atoms with E-state index in [-0.39, 0.29) is 0 Å². The summed E-state index contributed by atoms with van der Waals surface area (Å²) in [6.07, 6.45) is 2.15. The molecule has 0 saturated heterocycles. The van der Waals surface area contributed by atoms with Crippen molar-refractivity contribution in [2.75, 3.05) is 11.9 Å². The van der Waals surface area contributed by atoms with E-state index in [9.17, 15) is 0 Å². The Bertz CT molecular complexity index is 805. The maximum Gasteiger partial charge on any atom is 0.0572 e. The molecule has 0 aliphatic rings. The second-order valence-electron chi connectivity index (χ2n) is 8.36. The molecule has 0 amide bonds. The lowest BCUT2D eigenvalue weighted by Gasteiger charge is -2.21. The van der Waals surface area contributed by atoms with Gasteiger partial charge in [0.2, 0.25) is 0 Å². The van der Waals surface area contributed by atoms with E-state index in [2.05, 4.69) is 102 Å². The van der Waals surface area contributed by atoms with E-state index in [1.807, 2.05) is 0 Å². The molecule has 1 N–H and O–H groups in total. The third-order valence-corrected chi connectivity index (χ3v) is 5.22. The fraction of sp³-hybridized carbons (Fsp3) is 0.480. The van der Waals surface area contributed by atoms with E-state index < -0.39 is 0 Å². The van der Waals surface area contributed by atoms with Gasteiger partial charge in [0.05, 0.1) is 6.54 Å². The minimum absolute atomic E-state index is 0.483. The Morgan fingerprint density at radius 1 is 0.964 bits per heavy atom. The highest BCUT2D eigenvalue weighted by Gasteiger charge is 2.13. The van der Waals surface area contributed by atoms with Crippen molar-refractivity contribution in [3.05, 3.63) is 64.6 Å². The van der Waals surface area contributed by atoms with E-state index in [1.165, 1.54) is 28.2 Å². The van der Waals surface area contributed by atoms with E-state index in [0.717, 1.165) is 24.5 Å². The lowest BCUT2D eigenvalue weighted by molar-refractivity contribution is 0.676. The summed E-state index contributed by atoms with van der Waals surface area (Å²) >= 11 is 0. The van der Waals surface area contributed by atoms with Gasteiger partial charge < -0.3 is 9.88 Å². The zero-order valence-corrected chi connectivity index (χ0v) is 18.9. The number of nitrogens with zero attached hydrogens (tertiary/aromatic N) is 2. The number of para-hydroxylation sites is 1. The smallest absolute Gasteiger partial charge is 0.0572 e. The van der Waals surface area contributed by atoms with Crippen molar-refractivity contribution in [1.29, 1.82) is 0 Å². The molecule has 0 unspecified atom stereocenters. The van der Waals surface area contributed by atoms with Crippen LogP contribution in [0.1, 0.15) is 75.9 Å². The number of rotatable bonds is 8. The monoisotopic (exact) mass is 379 g/mol. The molecule has 0 aliphatic heterocycles. The van der Waals surface area contributed by atoms with Crippen LogP contribution in [0.3, 0.4) is 0 Å². The Morgan fingerprint density at radius 3 is 2.00 bits per heavy atom. The molecule has 0 radical (unpaired) electrons. The number of benzene rings is 1. The first-order valence-corrected chi connectivity index (χ1v) is 10.4. The van der Waals surface area contributed by atoms with Gasteiger partial charge in [-0.25, -0.2) is 0 Å². The molecule has 0 aliphatic carbocycles. The Morgan fingerprint density at radius 2 is 1.50 bits per heavy atom. The van der Waals surface area contributed by atoms with Gasteiger partial charge >= 0.3 is 0 Å². The van der Waals surface area contributed by atoms with Gasteiger partial charge in [0.25, 0.3) is 0 Å². The summed E-state index contributed by atoms with van der Waals surface area (Å²) in [6, 6.07) is 11.0. The van der Waals surface area contributed by atoms with Gasteiger partial charge in [-0.05, 0) is 68.9 Å². The highest BCUT2D eigenvalue weighted by Crippen LogP contribution is 2.33. The first-order valence-electron chi connectivity index (χ1n) is 10.4. The highest BCUT2D eigenvalue weighted by atomic mass is 15.0. The van der Waals surface area contributed by atoms with Gasteiger partial charge in [-0.15, -0.1) is 0 Å². The molecule has 1 heterocycles. The molecule has 0 spiro atoms. The first kappa shape index (κ1) is 22.0. The number of allylic oxidation sites excluding steroid dienone is 2. The molecule has 2 rings (SSSR count). The molecule has 152 valence electrons. The fourth-order valence-corrected chi connectivity index (χ4v) is 3.67. The molecule has 0 saturated carbocycles. The Balaban J connectivity index is 2.13. The lowest BCUT2D eigenvalue weighted by Crippen LogP contribution is -2.08. The van der Waals surface area contributed by atoms with Crippen molar-refractivity contribution in [2.24, 2.45) is 4.99 Å². The van der Waals surface area contributed by atoms with Crippen molar-refractivity contribution >= 4 is 11.4 Å². The minimum atomic E-state index is 0.483. The van der Waals surface area contributed by atoms with E-state index in [0.29, 0.717) is 11.8 Å². The quantitative estimate of drug-likeness (QED) is 0.500. The third-order valence-electron chi connectivity index (χ3n) is 5.22. The van der Waals surface area contributed by atoms with Crippen LogP contribution in [-0.2, 0) is 6.54 Å². The second kappa shape index (κ2) is 9.77. The molecule has 3 nitrogen and oxygen atoms in total. The summed E-state index contributed by atoms with van der Waals surface area (Å²) in [4.78, 5) is 4.76. The van der Waals surface area contributed by atoms with Gasteiger partial charge in [0.1, 0.15) is 0 Å². The molecule has 0 bridgehead atoms. The number of nitrogens with one attached hydrogen (secondary N) is 1. The average Bonchev–Trinajstić information content (AvgIpc) is 2.93. The van der Waals surface area contributed by atoms with Gasteiger partial charge in [-0.3, -0.25) is 4.99 Å². The number of aromatic nitrogens is 1. The number of aryl methyl sites for hydroxylation is 2. The molecular formula is C25H37N3. The first-order chi connectivity index (χ1) is 13.2. The molecular weight excluding hydrogens is 342 g/mol. The lowest BCUT2D eigenvalue weighted by atomic mass is 9.92. The average molecular weight is 380 g/mol.